The van der Waals surface area contributed by atoms with Crippen molar-refractivity contribution in [1.29, 1.82) is 0 Å². The number of hydrogen-bond donors (Lipinski definition) is 1. The predicted molar refractivity (Wildman–Crippen MR) is 57.8 cm³/mol. The summed E-state index contributed by atoms with van der Waals surface area (Å²) in [5.41, 5.74) is 0. The molecule has 0 aliphatic carbocycles. The smallest absolute Gasteiger partial charge is 0.265 e. The lowest BCUT2D eigenvalue weighted by Crippen LogP contribution is -2.14. The first-order chi connectivity index (χ1) is 6.99. The van der Waals surface area contributed by atoms with Gasteiger partial charge >= 0.3 is 0 Å². The third-order valence-electron chi connectivity index (χ3n) is 2.01. The zero-order chi connectivity index (χ0) is 11.4. The van der Waals surface area contributed by atoms with Gasteiger partial charge in [0.2, 0.25) is 5.89 Å². The highest BCUT2D eigenvalue weighted by Crippen LogP contribution is 2.11. The van der Waals surface area contributed by atoms with Gasteiger partial charge in [-0.1, -0.05) is 13.8 Å². The second-order valence-corrected chi connectivity index (χ2v) is 4.37. The van der Waals surface area contributed by atoms with Gasteiger partial charge in [-0.25, -0.2) is 0 Å². The lowest BCUT2D eigenvalue weighted by molar-refractivity contribution is 0.138. The topological polar surface area (TPSA) is 62.4 Å². The molecule has 1 atom stereocenters. The minimum absolute atomic E-state index is 0.402. The van der Waals surface area contributed by atoms with Gasteiger partial charge in [0.1, 0.15) is 0 Å². The Morgan fingerprint density at radius 2 is 2.07 bits per heavy atom. The van der Waals surface area contributed by atoms with Gasteiger partial charge in [0.15, 0.2) is 0 Å². The molecule has 86 valence electrons. The van der Waals surface area contributed by atoms with Crippen molar-refractivity contribution < 1.29 is 9.63 Å². The van der Waals surface area contributed by atoms with Crippen LogP contribution in [-0.2, 0) is 6.42 Å². The molecule has 5 heteroatoms. The average molecular weight is 213 g/mol. The summed E-state index contributed by atoms with van der Waals surface area (Å²) in [5, 5.41) is 13.5. The Morgan fingerprint density at radius 3 is 2.53 bits per heavy atom. The van der Waals surface area contributed by atoms with Crippen LogP contribution >= 0.6 is 0 Å². The summed E-state index contributed by atoms with van der Waals surface area (Å²) >= 11 is 0. The molecular formula is C10H19N3O2. The van der Waals surface area contributed by atoms with Crippen molar-refractivity contribution in [3.05, 3.63) is 5.89 Å². The molecular weight excluding hydrogens is 194 g/mol. The van der Waals surface area contributed by atoms with Crippen molar-refractivity contribution in [1.82, 2.24) is 10.1 Å². The summed E-state index contributed by atoms with van der Waals surface area (Å²) in [6.07, 6.45) is 0.777. The fraction of sp³-hybridized carbons (Fsp3) is 0.800. The van der Waals surface area contributed by atoms with Gasteiger partial charge in [-0.15, -0.1) is 0 Å². The Labute approximate surface area is 90.1 Å². The molecule has 0 aromatic carbocycles. The van der Waals surface area contributed by atoms with Crippen LogP contribution in [-0.4, -0.2) is 35.4 Å². The number of aromatic nitrogens is 2. The van der Waals surface area contributed by atoms with E-state index in [1.807, 2.05) is 14.1 Å². The van der Waals surface area contributed by atoms with Gasteiger partial charge in [-0.2, -0.15) is 4.98 Å². The van der Waals surface area contributed by atoms with E-state index in [9.17, 15) is 5.11 Å². The molecule has 0 spiro atoms. The molecule has 5 nitrogen and oxygen atoms in total. The van der Waals surface area contributed by atoms with Crippen LogP contribution in [0, 0.1) is 5.92 Å². The first-order valence-electron chi connectivity index (χ1n) is 5.17. The number of anilines is 1. The normalized spacial score (nSPS) is 13.2. The number of hydrogen-bond acceptors (Lipinski definition) is 5. The van der Waals surface area contributed by atoms with Crippen LogP contribution in [0.1, 0.15) is 26.2 Å². The minimum atomic E-state index is -0.402. The van der Waals surface area contributed by atoms with Crippen LogP contribution in [0.3, 0.4) is 0 Å². The first-order valence-corrected chi connectivity index (χ1v) is 5.17. The van der Waals surface area contributed by atoms with Gasteiger partial charge in [0, 0.05) is 14.1 Å². The molecule has 1 unspecified atom stereocenters. The Kier molecular flexibility index (Phi) is 4.08. The lowest BCUT2D eigenvalue weighted by Gasteiger charge is -2.09. The third kappa shape index (κ3) is 3.87. The number of nitrogens with zero attached hydrogens (tertiary/aromatic N) is 3. The van der Waals surface area contributed by atoms with E-state index >= 15 is 0 Å². The monoisotopic (exact) mass is 213 g/mol. The van der Waals surface area contributed by atoms with Crippen LogP contribution < -0.4 is 4.90 Å². The molecule has 1 rings (SSSR count). The lowest BCUT2D eigenvalue weighted by atomic mass is 10.0. The molecule has 0 saturated carbocycles. The molecule has 0 radical (unpaired) electrons. The van der Waals surface area contributed by atoms with Crippen molar-refractivity contribution in [2.75, 3.05) is 19.0 Å². The summed E-state index contributed by atoms with van der Waals surface area (Å²) in [4.78, 5) is 5.91. The predicted octanol–water partition coefficient (Wildman–Crippen LogP) is 1.09. The second-order valence-electron chi connectivity index (χ2n) is 4.37. The summed E-state index contributed by atoms with van der Waals surface area (Å²) in [5.74, 6) is 1.50. The van der Waals surface area contributed by atoms with E-state index < -0.39 is 6.10 Å². The van der Waals surface area contributed by atoms with Crippen LogP contribution in [0.5, 0.6) is 0 Å². The van der Waals surface area contributed by atoms with Gasteiger partial charge < -0.3 is 14.5 Å². The quantitative estimate of drug-likeness (QED) is 0.793. The standard InChI is InChI=1S/C10H19N3O2/c1-7(2)5-8(14)6-9-11-10(12-15-9)13(3)4/h7-8,14H,5-6H2,1-4H3. The van der Waals surface area contributed by atoms with Gasteiger partial charge in [-0.3, -0.25) is 0 Å². The summed E-state index contributed by atoms with van der Waals surface area (Å²) in [7, 11) is 3.69. The zero-order valence-electron chi connectivity index (χ0n) is 9.77. The Bertz CT molecular complexity index is 297. The van der Waals surface area contributed by atoms with E-state index in [1.54, 1.807) is 4.90 Å². The maximum Gasteiger partial charge on any atom is 0.265 e. The van der Waals surface area contributed by atoms with E-state index in [-0.39, 0.29) is 0 Å². The second kappa shape index (κ2) is 5.11. The SMILES string of the molecule is CC(C)CC(O)Cc1nc(N(C)C)no1. The van der Waals surface area contributed by atoms with Crippen LogP contribution in [0.25, 0.3) is 0 Å². The summed E-state index contributed by atoms with van der Waals surface area (Å²) in [6.45, 7) is 4.14. The van der Waals surface area contributed by atoms with E-state index in [0.29, 0.717) is 24.2 Å². The summed E-state index contributed by atoms with van der Waals surface area (Å²) in [6, 6.07) is 0. The van der Waals surface area contributed by atoms with E-state index in [4.69, 9.17) is 4.52 Å². The van der Waals surface area contributed by atoms with Crippen LogP contribution in [0.2, 0.25) is 0 Å². The zero-order valence-corrected chi connectivity index (χ0v) is 9.77. The molecule has 1 N–H and O–H groups in total. The number of rotatable bonds is 5. The van der Waals surface area contributed by atoms with Crippen molar-refractivity contribution in [2.45, 2.75) is 32.8 Å². The van der Waals surface area contributed by atoms with Gasteiger partial charge in [0.25, 0.3) is 5.95 Å². The Morgan fingerprint density at radius 1 is 1.40 bits per heavy atom. The number of aliphatic hydroxyl groups excluding tert-OH is 1. The summed E-state index contributed by atoms with van der Waals surface area (Å²) < 4.78 is 5.02. The highest BCUT2D eigenvalue weighted by atomic mass is 16.5. The Balaban J connectivity index is 2.49. The average Bonchev–Trinajstić information content (AvgIpc) is 2.50. The van der Waals surface area contributed by atoms with Gasteiger partial charge in [0.05, 0.1) is 12.5 Å². The first kappa shape index (κ1) is 12.0. The third-order valence-corrected chi connectivity index (χ3v) is 2.01. The van der Waals surface area contributed by atoms with Crippen molar-refractivity contribution in [3.8, 4) is 0 Å². The van der Waals surface area contributed by atoms with E-state index in [2.05, 4.69) is 24.0 Å². The molecule has 1 aromatic heterocycles. The van der Waals surface area contributed by atoms with Crippen molar-refractivity contribution >= 4 is 5.95 Å². The number of aliphatic hydroxyl groups is 1. The molecule has 1 heterocycles. The molecule has 0 saturated heterocycles. The minimum Gasteiger partial charge on any atom is -0.393 e. The maximum absolute atomic E-state index is 9.68. The molecule has 0 fully saturated rings. The fourth-order valence-corrected chi connectivity index (χ4v) is 1.34. The van der Waals surface area contributed by atoms with Crippen molar-refractivity contribution in [3.63, 3.8) is 0 Å². The largest absolute Gasteiger partial charge is 0.393 e. The van der Waals surface area contributed by atoms with E-state index in [1.165, 1.54) is 0 Å². The maximum atomic E-state index is 9.68. The highest BCUT2D eigenvalue weighted by molar-refractivity contribution is 5.23. The van der Waals surface area contributed by atoms with Crippen LogP contribution in [0.15, 0.2) is 4.52 Å². The van der Waals surface area contributed by atoms with Crippen LogP contribution in [0.4, 0.5) is 5.95 Å². The fourth-order valence-electron chi connectivity index (χ4n) is 1.34. The molecule has 0 aliphatic rings. The Hall–Kier alpha value is -1.10. The molecule has 15 heavy (non-hydrogen) atoms. The molecule has 0 bridgehead atoms. The van der Waals surface area contributed by atoms with Crippen molar-refractivity contribution in [2.24, 2.45) is 5.92 Å². The van der Waals surface area contributed by atoms with E-state index in [0.717, 1.165) is 6.42 Å². The molecule has 0 amide bonds. The van der Waals surface area contributed by atoms with Gasteiger partial charge in [-0.05, 0) is 17.5 Å². The molecule has 1 aromatic rings. The molecule has 0 aliphatic heterocycles. The highest BCUT2D eigenvalue weighted by Gasteiger charge is 2.14.